The van der Waals surface area contributed by atoms with E-state index in [1.165, 1.54) is 6.42 Å². The summed E-state index contributed by atoms with van der Waals surface area (Å²) in [5.41, 5.74) is 0.610. The number of allylic oxidation sites excluding steroid dienone is 2. The van der Waals surface area contributed by atoms with Gasteiger partial charge in [-0.15, -0.1) is 0 Å². The van der Waals surface area contributed by atoms with Crippen molar-refractivity contribution in [2.45, 2.75) is 20.3 Å². The summed E-state index contributed by atoms with van der Waals surface area (Å²) in [5, 5.41) is 1.000. The van der Waals surface area contributed by atoms with Gasteiger partial charge in [-0.3, -0.25) is 0 Å². The maximum atomic E-state index is 3.36. The minimum absolute atomic E-state index is 0.610. The average Bonchev–Trinajstić information content (AvgIpc) is 2.35. The first-order valence-electron chi connectivity index (χ1n) is 3.39. The summed E-state index contributed by atoms with van der Waals surface area (Å²) in [6.45, 7) is 4.63. The van der Waals surface area contributed by atoms with Crippen LogP contribution in [-0.4, -0.2) is 5.33 Å². The molecule has 1 rings (SSSR count). The Labute approximate surface area is 65.5 Å². The summed E-state index contributed by atoms with van der Waals surface area (Å²) in [7, 11) is 0. The largest absolute Gasteiger partial charge is 0.0883 e. The second kappa shape index (κ2) is 2.45. The Hall–Kier alpha value is 0.220. The first-order valence-corrected chi connectivity index (χ1v) is 4.51. The zero-order chi connectivity index (χ0) is 6.91. The van der Waals surface area contributed by atoms with Crippen molar-refractivity contribution in [1.29, 1.82) is 0 Å². The first kappa shape index (κ1) is 7.33. The fourth-order valence-corrected chi connectivity index (χ4v) is 1.27. The van der Waals surface area contributed by atoms with Gasteiger partial charge in [0, 0.05) is 5.33 Å². The SMILES string of the molecule is CC1(C)C[C@@H]1/C=C/CBr. The standard InChI is InChI=1S/C8H13Br/c1-8(2)6-7(8)4-3-5-9/h3-4,7H,5-6H2,1-2H3/b4-3+/t7-/m0/s1. The lowest BCUT2D eigenvalue weighted by Gasteiger charge is -1.94. The maximum Gasteiger partial charge on any atom is 0.0212 e. The van der Waals surface area contributed by atoms with Crippen LogP contribution in [0.2, 0.25) is 0 Å². The highest BCUT2D eigenvalue weighted by atomic mass is 79.9. The summed E-state index contributed by atoms with van der Waals surface area (Å²) >= 11 is 3.36. The summed E-state index contributed by atoms with van der Waals surface area (Å²) in [5.74, 6) is 0.857. The van der Waals surface area contributed by atoms with Crippen molar-refractivity contribution in [3.8, 4) is 0 Å². The predicted octanol–water partition coefficient (Wildman–Crippen LogP) is 2.98. The zero-order valence-electron chi connectivity index (χ0n) is 6.02. The third kappa shape index (κ3) is 1.82. The van der Waals surface area contributed by atoms with E-state index in [0.717, 1.165) is 11.2 Å². The summed E-state index contributed by atoms with van der Waals surface area (Å²) in [4.78, 5) is 0. The second-order valence-corrected chi connectivity index (χ2v) is 4.03. The fourth-order valence-electron chi connectivity index (χ4n) is 1.05. The lowest BCUT2D eigenvalue weighted by molar-refractivity contribution is 0.610. The van der Waals surface area contributed by atoms with E-state index in [9.17, 15) is 0 Å². The van der Waals surface area contributed by atoms with Crippen molar-refractivity contribution in [3.63, 3.8) is 0 Å². The Balaban J connectivity index is 2.27. The van der Waals surface area contributed by atoms with E-state index < -0.39 is 0 Å². The summed E-state index contributed by atoms with van der Waals surface area (Å²) in [6.07, 6.45) is 5.88. The molecule has 9 heavy (non-hydrogen) atoms. The van der Waals surface area contributed by atoms with E-state index in [1.807, 2.05) is 0 Å². The zero-order valence-corrected chi connectivity index (χ0v) is 7.61. The van der Waals surface area contributed by atoms with E-state index in [1.54, 1.807) is 0 Å². The highest BCUT2D eigenvalue weighted by molar-refractivity contribution is 9.09. The third-order valence-corrected chi connectivity index (χ3v) is 2.42. The van der Waals surface area contributed by atoms with Gasteiger partial charge in [0.2, 0.25) is 0 Å². The van der Waals surface area contributed by atoms with Crippen LogP contribution in [0.4, 0.5) is 0 Å². The van der Waals surface area contributed by atoms with E-state index >= 15 is 0 Å². The fraction of sp³-hybridized carbons (Fsp3) is 0.750. The Kier molecular flexibility index (Phi) is 2.00. The molecule has 0 aromatic heterocycles. The molecule has 1 aliphatic rings. The van der Waals surface area contributed by atoms with E-state index in [0.29, 0.717) is 5.41 Å². The molecular weight excluding hydrogens is 176 g/mol. The van der Waals surface area contributed by atoms with E-state index in [2.05, 4.69) is 41.9 Å². The van der Waals surface area contributed by atoms with Crippen LogP contribution in [0.5, 0.6) is 0 Å². The van der Waals surface area contributed by atoms with Crippen molar-refractivity contribution < 1.29 is 0 Å². The Morgan fingerprint density at radius 2 is 2.22 bits per heavy atom. The van der Waals surface area contributed by atoms with Crippen LogP contribution in [0.1, 0.15) is 20.3 Å². The first-order chi connectivity index (χ1) is 4.17. The third-order valence-electron chi connectivity index (χ3n) is 2.05. The Morgan fingerprint density at radius 3 is 2.56 bits per heavy atom. The van der Waals surface area contributed by atoms with Crippen LogP contribution in [0.25, 0.3) is 0 Å². The van der Waals surface area contributed by atoms with Gasteiger partial charge in [0.25, 0.3) is 0 Å². The van der Waals surface area contributed by atoms with Gasteiger partial charge >= 0.3 is 0 Å². The van der Waals surface area contributed by atoms with Crippen LogP contribution in [0.15, 0.2) is 12.2 Å². The molecule has 0 aromatic rings. The highest BCUT2D eigenvalue weighted by Gasteiger charge is 2.43. The number of rotatable bonds is 2. The molecule has 1 saturated carbocycles. The van der Waals surface area contributed by atoms with Gasteiger partial charge in [-0.25, -0.2) is 0 Å². The molecule has 1 aliphatic carbocycles. The maximum absolute atomic E-state index is 3.36. The van der Waals surface area contributed by atoms with Crippen molar-refractivity contribution in [3.05, 3.63) is 12.2 Å². The molecule has 0 saturated heterocycles. The predicted molar refractivity (Wildman–Crippen MR) is 44.8 cm³/mol. The molecule has 1 atom stereocenters. The molecule has 52 valence electrons. The monoisotopic (exact) mass is 188 g/mol. The molecule has 0 aromatic carbocycles. The molecule has 0 heterocycles. The van der Waals surface area contributed by atoms with Gasteiger partial charge in [0.15, 0.2) is 0 Å². The van der Waals surface area contributed by atoms with Crippen molar-refractivity contribution in [2.24, 2.45) is 11.3 Å². The van der Waals surface area contributed by atoms with Crippen LogP contribution in [0, 0.1) is 11.3 Å². The second-order valence-electron chi connectivity index (χ2n) is 3.38. The van der Waals surface area contributed by atoms with Crippen LogP contribution in [0.3, 0.4) is 0 Å². The molecule has 0 bridgehead atoms. The lowest BCUT2D eigenvalue weighted by Crippen LogP contribution is -1.85. The van der Waals surface area contributed by atoms with Crippen molar-refractivity contribution >= 4 is 15.9 Å². The van der Waals surface area contributed by atoms with E-state index in [-0.39, 0.29) is 0 Å². The average molecular weight is 189 g/mol. The Bertz CT molecular complexity index is 125. The minimum Gasteiger partial charge on any atom is -0.0883 e. The molecule has 0 amide bonds. The summed E-state index contributed by atoms with van der Waals surface area (Å²) in [6, 6.07) is 0. The highest BCUT2D eigenvalue weighted by Crippen LogP contribution is 2.52. The smallest absolute Gasteiger partial charge is 0.0212 e. The summed E-state index contributed by atoms with van der Waals surface area (Å²) < 4.78 is 0. The van der Waals surface area contributed by atoms with Gasteiger partial charge in [-0.1, -0.05) is 41.9 Å². The number of hydrogen-bond donors (Lipinski definition) is 0. The molecule has 0 radical (unpaired) electrons. The van der Waals surface area contributed by atoms with Gasteiger partial charge in [-0.2, -0.15) is 0 Å². The normalized spacial score (nSPS) is 31.2. The van der Waals surface area contributed by atoms with Gasteiger partial charge < -0.3 is 0 Å². The number of hydrogen-bond acceptors (Lipinski definition) is 0. The molecule has 0 nitrogen and oxygen atoms in total. The molecular formula is C8H13Br. The van der Waals surface area contributed by atoms with Gasteiger partial charge in [0.1, 0.15) is 0 Å². The number of halogens is 1. The topological polar surface area (TPSA) is 0 Å². The van der Waals surface area contributed by atoms with Crippen LogP contribution < -0.4 is 0 Å². The Morgan fingerprint density at radius 1 is 1.67 bits per heavy atom. The molecule has 0 aliphatic heterocycles. The quantitative estimate of drug-likeness (QED) is 0.462. The minimum atomic E-state index is 0.610. The van der Waals surface area contributed by atoms with Crippen LogP contribution >= 0.6 is 15.9 Å². The van der Waals surface area contributed by atoms with Crippen molar-refractivity contribution in [1.82, 2.24) is 0 Å². The van der Waals surface area contributed by atoms with Gasteiger partial charge in [0.05, 0.1) is 0 Å². The lowest BCUT2D eigenvalue weighted by atomic mass is 10.1. The van der Waals surface area contributed by atoms with E-state index in [4.69, 9.17) is 0 Å². The van der Waals surface area contributed by atoms with Gasteiger partial charge in [-0.05, 0) is 17.8 Å². The molecule has 0 spiro atoms. The number of alkyl halides is 1. The molecule has 0 unspecified atom stereocenters. The molecule has 0 N–H and O–H groups in total. The molecule has 1 fully saturated rings. The van der Waals surface area contributed by atoms with Crippen molar-refractivity contribution in [2.75, 3.05) is 5.33 Å². The van der Waals surface area contributed by atoms with Crippen LogP contribution in [-0.2, 0) is 0 Å². The molecule has 1 heteroatoms.